The van der Waals surface area contributed by atoms with Gasteiger partial charge in [0.2, 0.25) is 11.7 Å². The van der Waals surface area contributed by atoms with Gasteiger partial charge in [-0.3, -0.25) is 0 Å². The fourth-order valence-corrected chi connectivity index (χ4v) is 2.35. The van der Waals surface area contributed by atoms with Crippen molar-refractivity contribution < 1.29 is 4.52 Å². The summed E-state index contributed by atoms with van der Waals surface area (Å²) in [6.45, 7) is 7.54. The van der Waals surface area contributed by atoms with E-state index in [1.54, 1.807) is 0 Å². The fraction of sp³-hybridized carbons (Fsp3) is 0.500. The Bertz CT molecular complexity index is 507. The van der Waals surface area contributed by atoms with Crippen LogP contribution in [0.3, 0.4) is 0 Å². The molecule has 1 unspecified atom stereocenters. The predicted octanol–water partition coefficient (Wildman–Crippen LogP) is 3.30. The summed E-state index contributed by atoms with van der Waals surface area (Å²) in [7, 11) is 0. The van der Waals surface area contributed by atoms with Crippen molar-refractivity contribution in [1.29, 1.82) is 0 Å². The zero-order valence-electron chi connectivity index (χ0n) is 12.5. The molecule has 1 N–H and O–H groups in total. The molecule has 1 aromatic heterocycles. The standard InChI is InChI=1S/C16H23N3O/c1-4-17-14(10-12(2)3)11-15-18-16(19-20-15)13-8-6-5-7-9-13/h5-9,12,14,17H,4,10-11H2,1-3H3. The van der Waals surface area contributed by atoms with Crippen LogP contribution >= 0.6 is 0 Å². The van der Waals surface area contributed by atoms with Crippen molar-refractivity contribution in [1.82, 2.24) is 15.5 Å². The number of benzene rings is 1. The van der Waals surface area contributed by atoms with Crippen LogP contribution in [-0.2, 0) is 6.42 Å². The van der Waals surface area contributed by atoms with Crippen LogP contribution in [0.1, 0.15) is 33.1 Å². The van der Waals surface area contributed by atoms with Crippen LogP contribution in [0, 0.1) is 5.92 Å². The van der Waals surface area contributed by atoms with Crippen LogP contribution in [0.2, 0.25) is 0 Å². The highest BCUT2D eigenvalue weighted by Crippen LogP contribution is 2.16. The Morgan fingerprint density at radius 2 is 1.95 bits per heavy atom. The van der Waals surface area contributed by atoms with Gasteiger partial charge in [0.05, 0.1) is 0 Å². The number of aromatic nitrogens is 2. The molecule has 0 saturated heterocycles. The van der Waals surface area contributed by atoms with Crippen molar-refractivity contribution in [3.8, 4) is 11.4 Å². The molecule has 0 radical (unpaired) electrons. The molecular weight excluding hydrogens is 250 g/mol. The molecule has 20 heavy (non-hydrogen) atoms. The average Bonchev–Trinajstić information content (AvgIpc) is 2.88. The summed E-state index contributed by atoms with van der Waals surface area (Å²) >= 11 is 0. The van der Waals surface area contributed by atoms with Gasteiger partial charge in [-0.15, -0.1) is 0 Å². The zero-order valence-corrected chi connectivity index (χ0v) is 12.5. The van der Waals surface area contributed by atoms with Crippen LogP contribution in [-0.4, -0.2) is 22.7 Å². The first-order valence-corrected chi connectivity index (χ1v) is 7.30. The summed E-state index contributed by atoms with van der Waals surface area (Å²) in [4.78, 5) is 4.49. The maximum Gasteiger partial charge on any atom is 0.228 e. The molecule has 0 amide bonds. The van der Waals surface area contributed by atoms with Crippen LogP contribution in [0.4, 0.5) is 0 Å². The molecule has 1 heterocycles. The molecule has 0 aliphatic heterocycles. The number of likely N-dealkylation sites (N-methyl/N-ethyl adjacent to an activating group) is 1. The third-order valence-electron chi connectivity index (χ3n) is 3.17. The normalized spacial score (nSPS) is 12.8. The van der Waals surface area contributed by atoms with E-state index in [9.17, 15) is 0 Å². The summed E-state index contributed by atoms with van der Waals surface area (Å²) in [6.07, 6.45) is 1.89. The van der Waals surface area contributed by atoms with Crippen molar-refractivity contribution in [3.63, 3.8) is 0 Å². The van der Waals surface area contributed by atoms with Crippen LogP contribution < -0.4 is 5.32 Å². The first-order valence-electron chi connectivity index (χ1n) is 7.30. The van der Waals surface area contributed by atoms with Crippen molar-refractivity contribution in [2.45, 2.75) is 39.7 Å². The van der Waals surface area contributed by atoms with Gasteiger partial charge in [0.25, 0.3) is 0 Å². The number of hydrogen-bond acceptors (Lipinski definition) is 4. The highest BCUT2D eigenvalue weighted by atomic mass is 16.5. The Hall–Kier alpha value is -1.68. The lowest BCUT2D eigenvalue weighted by Gasteiger charge is -2.17. The maximum absolute atomic E-state index is 5.38. The number of hydrogen-bond donors (Lipinski definition) is 1. The molecule has 2 rings (SSSR count). The van der Waals surface area contributed by atoms with Crippen molar-refractivity contribution in [3.05, 3.63) is 36.2 Å². The fourth-order valence-electron chi connectivity index (χ4n) is 2.35. The molecule has 0 saturated carbocycles. The second kappa shape index (κ2) is 7.20. The minimum atomic E-state index is 0.393. The summed E-state index contributed by atoms with van der Waals surface area (Å²) in [5, 5.41) is 7.55. The van der Waals surface area contributed by atoms with Crippen LogP contribution in [0.25, 0.3) is 11.4 Å². The zero-order chi connectivity index (χ0) is 14.4. The molecule has 2 aromatic rings. The SMILES string of the molecule is CCNC(Cc1nc(-c2ccccc2)no1)CC(C)C. The second-order valence-corrected chi connectivity index (χ2v) is 5.47. The highest BCUT2D eigenvalue weighted by molar-refractivity contribution is 5.53. The second-order valence-electron chi connectivity index (χ2n) is 5.47. The Morgan fingerprint density at radius 3 is 2.60 bits per heavy atom. The molecule has 1 atom stereocenters. The van der Waals surface area contributed by atoms with E-state index in [1.807, 2.05) is 30.3 Å². The van der Waals surface area contributed by atoms with Gasteiger partial charge < -0.3 is 9.84 Å². The molecule has 0 aliphatic rings. The van der Waals surface area contributed by atoms with Gasteiger partial charge in [0, 0.05) is 18.0 Å². The van der Waals surface area contributed by atoms with Gasteiger partial charge in [-0.25, -0.2) is 0 Å². The Kier molecular flexibility index (Phi) is 5.30. The van der Waals surface area contributed by atoms with E-state index in [2.05, 4.69) is 36.2 Å². The number of nitrogens with zero attached hydrogens (tertiary/aromatic N) is 2. The molecular formula is C16H23N3O. The lowest BCUT2D eigenvalue weighted by atomic mass is 10.0. The van der Waals surface area contributed by atoms with Gasteiger partial charge in [0.15, 0.2) is 0 Å². The van der Waals surface area contributed by atoms with Gasteiger partial charge in [0.1, 0.15) is 0 Å². The van der Waals surface area contributed by atoms with E-state index >= 15 is 0 Å². The molecule has 108 valence electrons. The lowest BCUT2D eigenvalue weighted by molar-refractivity contribution is 0.340. The summed E-state index contributed by atoms with van der Waals surface area (Å²) in [5.41, 5.74) is 0.992. The highest BCUT2D eigenvalue weighted by Gasteiger charge is 2.15. The third-order valence-corrected chi connectivity index (χ3v) is 3.17. The Morgan fingerprint density at radius 1 is 1.20 bits per heavy atom. The van der Waals surface area contributed by atoms with Gasteiger partial charge in [-0.1, -0.05) is 56.3 Å². The molecule has 0 spiro atoms. The van der Waals surface area contributed by atoms with E-state index in [0.717, 1.165) is 24.9 Å². The van der Waals surface area contributed by atoms with Gasteiger partial charge >= 0.3 is 0 Å². The monoisotopic (exact) mass is 273 g/mol. The Balaban J connectivity index is 2.04. The third kappa shape index (κ3) is 4.17. The first kappa shape index (κ1) is 14.7. The minimum Gasteiger partial charge on any atom is -0.339 e. The van der Waals surface area contributed by atoms with Crippen LogP contribution in [0.5, 0.6) is 0 Å². The van der Waals surface area contributed by atoms with Crippen molar-refractivity contribution >= 4 is 0 Å². The van der Waals surface area contributed by atoms with Crippen LogP contribution in [0.15, 0.2) is 34.9 Å². The minimum absolute atomic E-state index is 0.393. The Labute approximate surface area is 120 Å². The quantitative estimate of drug-likeness (QED) is 0.841. The molecule has 0 bridgehead atoms. The van der Waals surface area contributed by atoms with E-state index < -0.39 is 0 Å². The van der Waals surface area contributed by atoms with E-state index in [-0.39, 0.29) is 0 Å². The molecule has 1 aromatic carbocycles. The first-order chi connectivity index (χ1) is 9.69. The van der Waals surface area contributed by atoms with Gasteiger partial charge in [-0.2, -0.15) is 4.98 Å². The van der Waals surface area contributed by atoms with E-state index in [0.29, 0.717) is 23.7 Å². The summed E-state index contributed by atoms with van der Waals surface area (Å²) in [5.74, 6) is 2.02. The van der Waals surface area contributed by atoms with Crippen molar-refractivity contribution in [2.75, 3.05) is 6.54 Å². The average molecular weight is 273 g/mol. The topological polar surface area (TPSA) is 51.0 Å². The predicted molar refractivity (Wildman–Crippen MR) is 80.4 cm³/mol. The molecule has 4 heteroatoms. The van der Waals surface area contributed by atoms with E-state index in [1.165, 1.54) is 0 Å². The van der Waals surface area contributed by atoms with Crippen molar-refractivity contribution in [2.24, 2.45) is 5.92 Å². The number of rotatable bonds is 7. The summed E-state index contributed by atoms with van der Waals surface area (Å²) in [6, 6.07) is 10.3. The van der Waals surface area contributed by atoms with E-state index in [4.69, 9.17) is 4.52 Å². The molecule has 0 aliphatic carbocycles. The molecule has 4 nitrogen and oxygen atoms in total. The molecule has 0 fully saturated rings. The lowest BCUT2D eigenvalue weighted by Crippen LogP contribution is -2.32. The largest absolute Gasteiger partial charge is 0.339 e. The summed E-state index contributed by atoms with van der Waals surface area (Å²) < 4.78 is 5.38. The number of nitrogens with one attached hydrogen (secondary N) is 1. The smallest absolute Gasteiger partial charge is 0.228 e. The maximum atomic E-state index is 5.38. The van der Waals surface area contributed by atoms with Gasteiger partial charge in [-0.05, 0) is 18.9 Å².